The van der Waals surface area contributed by atoms with Crippen LogP contribution in [0.15, 0.2) is 48.5 Å². The molecule has 1 fully saturated rings. The van der Waals surface area contributed by atoms with Gasteiger partial charge in [0.1, 0.15) is 0 Å². The van der Waals surface area contributed by atoms with E-state index >= 15 is 0 Å². The molecule has 1 saturated heterocycles. The molecule has 164 valence electrons. The summed E-state index contributed by atoms with van der Waals surface area (Å²) in [5, 5.41) is 2.93. The van der Waals surface area contributed by atoms with Gasteiger partial charge in [-0.2, -0.15) is 0 Å². The Bertz CT molecular complexity index is 942. The van der Waals surface area contributed by atoms with E-state index in [0.29, 0.717) is 38.2 Å². The third-order valence-corrected chi connectivity index (χ3v) is 6.00. The summed E-state index contributed by atoms with van der Waals surface area (Å²) in [4.78, 5) is 41.9. The van der Waals surface area contributed by atoms with Crippen molar-refractivity contribution in [1.29, 1.82) is 0 Å². The number of nitrogens with zero attached hydrogens (tertiary/aromatic N) is 2. The van der Waals surface area contributed by atoms with Crippen LogP contribution in [0.25, 0.3) is 0 Å². The number of aryl methyl sites for hydroxylation is 1. The highest BCUT2D eigenvalue weighted by Gasteiger charge is 2.27. The molecule has 0 spiro atoms. The maximum absolute atomic E-state index is 13.2. The molecule has 6 nitrogen and oxygen atoms in total. The minimum Gasteiger partial charge on any atom is -0.354 e. The number of amides is 3. The van der Waals surface area contributed by atoms with Crippen molar-refractivity contribution in [2.75, 3.05) is 26.2 Å². The van der Waals surface area contributed by atoms with Crippen LogP contribution in [0.4, 0.5) is 0 Å². The summed E-state index contributed by atoms with van der Waals surface area (Å²) >= 11 is 0. The number of carbonyl (C=O) groups excluding carboxylic acids is 3. The summed E-state index contributed by atoms with van der Waals surface area (Å²) in [6, 6.07) is 15.1. The maximum Gasteiger partial charge on any atom is 0.254 e. The molecule has 1 heterocycles. The van der Waals surface area contributed by atoms with E-state index in [2.05, 4.69) is 5.32 Å². The molecule has 0 aromatic heterocycles. The number of carbonyl (C=O) groups is 3. The summed E-state index contributed by atoms with van der Waals surface area (Å²) in [7, 11) is 0. The summed E-state index contributed by atoms with van der Waals surface area (Å²) < 4.78 is 0. The Morgan fingerprint density at radius 1 is 0.968 bits per heavy atom. The molecule has 3 amide bonds. The average Bonchev–Trinajstić information content (AvgIpc) is 2.79. The van der Waals surface area contributed by atoms with Gasteiger partial charge >= 0.3 is 0 Å². The van der Waals surface area contributed by atoms with Crippen molar-refractivity contribution in [3.63, 3.8) is 0 Å². The van der Waals surface area contributed by atoms with E-state index in [9.17, 15) is 14.4 Å². The predicted octanol–water partition coefficient (Wildman–Crippen LogP) is 3.25. The summed E-state index contributed by atoms with van der Waals surface area (Å²) in [5.74, 6) is -0.238. The standard InChI is InChI=1S/C25H31N3O3/c1-18-9-7-12-22(19(18)2)25(31)27-14-8-15-28(20(3)29)23(17-24(30)26-13-16-27)21-10-5-4-6-11-21/h4-7,9-12,23H,8,13-17H2,1-3H3,(H,26,30). The number of rotatable bonds is 2. The Balaban J connectivity index is 1.83. The Morgan fingerprint density at radius 2 is 1.71 bits per heavy atom. The van der Waals surface area contributed by atoms with E-state index in [1.54, 1.807) is 9.80 Å². The lowest BCUT2D eigenvalue weighted by molar-refractivity contribution is -0.132. The maximum atomic E-state index is 13.2. The molecule has 1 aliphatic heterocycles. The van der Waals surface area contributed by atoms with Crippen LogP contribution < -0.4 is 5.32 Å². The molecule has 6 heteroatoms. The van der Waals surface area contributed by atoms with Gasteiger partial charge in [0.15, 0.2) is 0 Å². The van der Waals surface area contributed by atoms with Crippen molar-refractivity contribution in [2.24, 2.45) is 0 Å². The normalized spacial score (nSPS) is 18.2. The second kappa shape index (κ2) is 10.2. The van der Waals surface area contributed by atoms with Crippen LogP contribution in [0.5, 0.6) is 0 Å². The van der Waals surface area contributed by atoms with E-state index in [1.165, 1.54) is 6.92 Å². The van der Waals surface area contributed by atoms with Gasteiger partial charge in [-0.05, 0) is 43.0 Å². The third-order valence-electron chi connectivity index (χ3n) is 6.00. The highest BCUT2D eigenvalue weighted by Crippen LogP contribution is 2.25. The summed E-state index contributed by atoms with van der Waals surface area (Å²) in [5.41, 5.74) is 3.67. The Kier molecular flexibility index (Phi) is 7.45. The van der Waals surface area contributed by atoms with Gasteiger partial charge in [-0.3, -0.25) is 14.4 Å². The highest BCUT2D eigenvalue weighted by atomic mass is 16.2. The van der Waals surface area contributed by atoms with Crippen molar-refractivity contribution in [1.82, 2.24) is 15.1 Å². The SMILES string of the molecule is CC(=O)N1CCCN(C(=O)c2cccc(C)c2C)CCNC(=O)CC1c1ccccc1. The van der Waals surface area contributed by atoms with Crippen molar-refractivity contribution < 1.29 is 14.4 Å². The van der Waals surface area contributed by atoms with Gasteiger partial charge in [0.2, 0.25) is 11.8 Å². The van der Waals surface area contributed by atoms with Gasteiger partial charge in [-0.15, -0.1) is 0 Å². The van der Waals surface area contributed by atoms with E-state index < -0.39 is 0 Å². The van der Waals surface area contributed by atoms with Crippen molar-refractivity contribution in [3.05, 3.63) is 70.8 Å². The molecule has 0 aliphatic carbocycles. The molecule has 1 aliphatic rings. The lowest BCUT2D eigenvalue weighted by Gasteiger charge is -2.31. The lowest BCUT2D eigenvalue weighted by Crippen LogP contribution is -2.39. The number of hydrogen-bond donors (Lipinski definition) is 1. The number of hydrogen-bond acceptors (Lipinski definition) is 3. The lowest BCUT2D eigenvalue weighted by atomic mass is 10.0. The monoisotopic (exact) mass is 421 g/mol. The van der Waals surface area contributed by atoms with Gasteiger partial charge in [-0.1, -0.05) is 42.5 Å². The molecule has 3 rings (SSSR count). The zero-order valence-corrected chi connectivity index (χ0v) is 18.6. The fraction of sp³-hybridized carbons (Fsp3) is 0.400. The van der Waals surface area contributed by atoms with Gasteiger partial charge < -0.3 is 15.1 Å². The van der Waals surface area contributed by atoms with E-state index in [0.717, 1.165) is 16.7 Å². The highest BCUT2D eigenvalue weighted by molar-refractivity contribution is 5.96. The second-order valence-electron chi connectivity index (χ2n) is 8.09. The molecule has 0 radical (unpaired) electrons. The zero-order valence-electron chi connectivity index (χ0n) is 18.6. The van der Waals surface area contributed by atoms with E-state index in [-0.39, 0.29) is 30.2 Å². The second-order valence-corrected chi connectivity index (χ2v) is 8.09. The molecular formula is C25H31N3O3. The predicted molar refractivity (Wildman–Crippen MR) is 121 cm³/mol. The molecule has 0 bridgehead atoms. The van der Waals surface area contributed by atoms with Crippen LogP contribution in [-0.4, -0.2) is 53.7 Å². The van der Waals surface area contributed by atoms with Crippen LogP contribution in [0.1, 0.15) is 52.9 Å². The average molecular weight is 422 g/mol. The number of benzene rings is 2. The first-order valence-corrected chi connectivity index (χ1v) is 10.8. The smallest absolute Gasteiger partial charge is 0.254 e. The minimum absolute atomic E-state index is 0.0383. The van der Waals surface area contributed by atoms with Gasteiger partial charge in [-0.25, -0.2) is 0 Å². The van der Waals surface area contributed by atoms with Crippen LogP contribution >= 0.6 is 0 Å². The largest absolute Gasteiger partial charge is 0.354 e. The quantitative estimate of drug-likeness (QED) is 0.809. The number of nitrogens with one attached hydrogen (secondary N) is 1. The van der Waals surface area contributed by atoms with Crippen molar-refractivity contribution >= 4 is 17.7 Å². The van der Waals surface area contributed by atoms with Crippen LogP contribution in [0.3, 0.4) is 0 Å². The Hall–Kier alpha value is -3.15. The first kappa shape index (κ1) is 22.5. The first-order chi connectivity index (χ1) is 14.9. The van der Waals surface area contributed by atoms with Crippen LogP contribution in [0.2, 0.25) is 0 Å². The summed E-state index contributed by atoms with van der Waals surface area (Å²) in [6.45, 7) is 7.32. The van der Waals surface area contributed by atoms with Crippen LogP contribution in [-0.2, 0) is 9.59 Å². The molecule has 0 saturated carbocycles. The van der Waals surface area contributed by atoms with Crippen LogP contribution in [0, 0.1) is 13.8 Å². The fourth-order valence-corrected chi connectivity index (χ4v) is 4.09. The van der Waals surface area contributed by atoms with E-state index in [1.807, 2.05) is 62.4 Å². The molecule has 31 heavy (non-hydrogen) atoms. The molecule has 1 N–H and O–H groups in total. The summed E-state index contributed by atoms with van der Waals surface area (Å²) in [6.07, 6.45) is 0.849. The third kappa shape index (κ3) is 5.51. The molecule has 2 aromatic carbocycles. The minimum atomic E-state index is -0.319. The Labute approximate surface area is 184 Å². The molecule has 1 atom stereocenters. The van der Waals surface area contributed by atoms with Gasteiger partial charge in [0.25, 0.3) is 5.91 Å². The van der Waals surface area contributed by atoms with Crippen molar-refractivity contribution in [2.45, 2.75) is 39.7 Å². The van der Waals surface area contributed by atoms with E-state index in [4.69, 9.17) is 0 Å². The molecule has 2 aromatic rings. The van der Waals surface area contributed by atoms with Crippen molar-refractivity contribution in [3.8, 4) is 0 Å². The molecule has 1 unspecified atom stereocenters. The Morgan fingerprint density at radius 3 is 2.42 bits per heavy atom. The fourth-order valence-electron chi connectivity index (χ4n) is 4.09. The van der Waals surface area contributed by atoms with Gasteiger partial charge in [0.05, 0.1) is 12.5 Å². The topological polar surface area (TPSA) is 69.7 Å². The first-order valence-electron chi connectivity index (χ1n) is 10.8. The molecular weight excluding hydrogens is 390 g/mol. The zero-order chi connectivity index (χ0) is 22.4. The van der Waals surface area contributed by atoms with Gasteiger partial charge in [0, 0.05) is 38.7 Å².